The maximum absolute atomic E-state index is 12.3. The second kappa shape index (κ2) is 6.24. The van der Waals surface area contributed by atoms with Crippen molar-refractivity contribution in [1.29, 1.82) is 0 Å². The Labute approximate surface area is 126 Å². The lowest BCUT2D eigenvalue weighted by Crippen LogP contribution is -2.35. The summed E-state index contributed by atoms with van der Waals surface area (Å²) in [4.78, 5) is 16.3. The first-order valence-corrected chi connectivity index (χ1v) is 7.01. The first kappa shape index (κ1) is 14.0. The minimum atomic E-state index is -0.464. The van der Waals surface area contributed by atoms with E-state index in [-0.39, 0.29) is 11.8 Å². The molecule has 1 aromatic heterocycles. The van der Waals surface area contributed by atoms with Crippen molar-refractivity contribution >= 4 is 17.5 Å². The van der Waals surface area contributed by atoms with Gasteiger partial charge in [-0.25, -0.2) is 0 Å². The molecule has 0 aliphatic carbocycles. The van der Waals surface area contributed by atoms with Gasteiger partial charge in [-0.3, -0.25) is 4.79 Å². The highest BCUT2D eigenvalue weighted by Gasteiger charge is 2.28. The lowest BCUT2D eigenvalue weighted by Gasteiger charge is -2.18. The van der Waals surface area contributed by atoms with Crippen LogP contribution in [0.15, 0.2) is 35.2 Å². The van der Waals surface area contributed by atoms with Gasteiger partial charge in [-0.05, 0) is 24.1 Å². The Balaban J connectivity index is 1.82. The molecule has 0 radical (unpaired) electrons. The lowest BCUT2D eigenvalue weighted by molar-refractivity contribution is -0.125. The van der Waals surface area contributed by atoms with Gasteiger partial charge in [-0.15, -0.1) is 0 Å². The number of nitrogens with zero attached hydrogens (tertiary/aromatic N) is 2. The highest BCUT2D eigenvalue weighted by Crippen LogP contribution is 2.22. The van der Waals surface area contributed by atoms with Gasteiger partial charge in [0.25, 0.3) is 0 Å². The van der Waals surface area contributed by atoms with Gasteiger partial charge in [0.15, 0.2) is 5.82 Å². The molecule has 1 fully saturated rings. The zero-order valence-electron chi connectivity index (χ0n) is 11.2. The van der Waals surface area contributed by atoms with Gasteiger partial charge in [-0.2, -0.15) is 4.98 Å². The van der Waals surface area contributed by atoms with Crippen molar-refractivity contribution < 1.29 is 14.1 Å². The van der Waals surface area contributed by atoms with E-state index < -0.39 is 6.04 Å². The van der Waals surface area contributed by atoms with Crippen LogP contribution in [0.4, 0.5) is 0 Å². The molecule has 3 rings (SSSR count). The van der Waals surface area contributed by atoms with Crippen LogP contribution in [0.25, 0.3) is 0 Å². The van der Waals surface area contributed by atoms with Crippen molar-refractivity contribution in [1.82, 2.24) is 15.5 Å². The number of carbonyl (C=O) groups excluding carboxylic acids is 1. The molecule has 1 aromatic carbocycles. The van der Waals surface area contributed by atoms with E-state index in [9.17, 15) is 4.79 Å². The second-order valence-corrected chi connectivity index (χ2v) is 5.28. The van der Waals surface area contributed by atoms with Crippen LogP contribution >= 0.6 is 11.6 Å². The third kappa shape index (κ3) is 3.22. The molecule has 1 aliphatic heterocycles. The van der Waals surface area contributed by atoms with E-state index in [2.05, 4.69) is 15.5 Å². The van der Waals surface area contributed by atoms with Gasteiger partial charge in [-0.1, -0.05) is 28.9 Å². The van der Waals surface area contributed by atoms with Crippen LogP contribution in [0, 0.1) is 5.92 Å². The molecule has 0 bridgehead atoms. The molecule has 0 unspecified atom stereocenters. The lowest BCUT2D eigenvalue weighted by atomic mass is 10.0. The zero-order valence-corrected chi connectivity index (χ0v) is 11.9. The van der Waals surface area contributed by atoms with E-state index in [0.29, 0.717) is 24.1 Å². The topological polar surface area (TPSA) is 77.3 Å². The van der Waals surface area contributed by atoms with Gasteiger partial charge in [0, 0.05) is 11.6 Å². The molecule has 1 aliphatic rings. The molecule has 6 nitrogen and oxygen atoms in total. The van der Waals surface area contributed by atoms with Gasteiger partial charge >= 0.3 is 0 Å². The fraction of sp³-hybridized carbons (Fsp3) is 0.357. The third-order valence-corrected chi connectivity index (χ3v) is 3.68. The summed E-state index contributed by atoms with van der Waals surface area (Å²) in [5, 5.41) is 7.41. The maximum atomic E-state index is 12.3. The smallest absolute Gasteiger partial charge is 0.226 e. The molecular formula is C14H14ClN3O3. The van der Waals surface area contributed by atoms with Gasteiger partial charge in [0.2, 0.25) is 12.3 Å². The van der Waals surface area contributed by atoms with E-state index in [4.69, 9.17) is 20.9 Å². The minimum Gasteiger partial charge on any atom is -0.381 e. The molecule has 2 aromatic rings. The summed E-state index contributed by atoms with van der Waals surface area (Å²) in [6.07, 6.45) is 1.97. The van der Waals surface area contributed by atoms with Crippen molar-refractivity contribution in [2.75, 3.05) is 13.2 Å². The predicted octanol–water partition coefficient (Wildman–Crippen LogP) is 1.97. The van der Waals surface area contributed by atoms with Crippen LogP contribution in [-0.4, -0.2) is 29.3 Å². The third-order valence-electron chi connectivity index (χ3n) is 3.43. The van der Waals surface area contributed by atoms with Gasteiger partial charge in [0.1, 0.15) is 6.04 Å². The fourth-order valence-electron chi connectivity index (χ4n) is 2.26. The highest BCUT2D eigenvalue weighted by molar-refractivity contribution is 6.30. The highest BCUT2D eigenvalue weighted by atomic mass is 35.5. The average Bonchev–Trinajstić information content (AvgIpc) is 3.19. The number of aromatic nitrogens is 2. The Hall–Kier alpha value is -1.92. The maximum Gasteiger partial charge on any atom is 0.226 e. The molecule has 2 atom stereocenters. The molecule has 7 heteroatoms. The normalized spacial score (nSPS) is 19.4. The molecule has 1 saturated heterocycles. The Morgan fingerprint density at radius 1 is 1.38 bits per heavy atom. The van der Waals surface area contributed by atoms with Gasteiger partial charge < -0.3 is 14.6 Å². The number of nitrogens with one attached hydrogen (secondary N) is 1. The number of halogens is 1. The Morgan fingerprint density at radius 2 is 2.19 bits per heavy atom. The Morgan fingerprint density at radius 3 is 2.81 bits per heavy atom. The first-order valence-electron chi connectivity index (χ1n) is 6.64. The molecule has 1 N–H and O–H groups in total. The molecule has 0 saturated carbocycles. The van der Waals surface area contributed by atoms with Crippen LogP contribution in [0.5, 0.6) is 0 Å². The van der Waals surface area contributed by atoms with Crippen molar-refractivity contribution in [3.05, 3.63) is 47.1 Å². The Kier molecular flexibility index (Phi) is 4.17. The average molecular weight is 308 g/mol. The van der Waals surface area contributed by atoms with Crippen molar-refractivity contribution in [2.45, 2.75) is 12.5 Å². The summed E-state index contributed by atoms with van der Waals surface area (Å²) >= 11 is 5.90. The summed E-state index contributed by atoms with van der Waals surface area (Å²) in [7, 11) is 0. The van der Waals surface area contributed by atoms with Crippen LogP contribution in [0.3, 0.4) is 0 Å². The molecule has 110 valence electrons. The number of hydrogen-bond acceptors (Lipinski definition) is 5. The van der Waals surface area contributed by atoms with Crippen molar-refractivity contribution in [3.8, 4) is 0 Å². The number of carbonyl (C=O) groups is 1. The largest absolute Gasteiger partial charge is 0.381 e. The summed E-state index contributed by atoms with van der Waals surface area (Å²) < 4.78 is 10.0. The Bertz CT molecular complexity index is 594. The SMILES string of the molecule is O=C(N[C@H](c1ccc(Cl)cc1)c1ncon1)[C@@H]1CCOC1. The van der Waals surface area contributed by atoms with Crippen LogP contribution in [0.2, 0.25) is 5.02 Å². The quantitative estimate of drug-likeness (QED) is 0.934. The predicted molar refractivity (Wildman–Crippen MR) is 74.7 cm³/mol. The summed E-state index contributed by atoms with van der Waals surface area (Å²) in [6, 6.07) is 6.71. The van der Waals surface area contributed by atoms with Crippen molar-refractivity contribution in [3.63, 3.8) is 0 Å². The van der Waals surface area contributed by atoms with E-state index in [1.165, 1.54) is 6.39 Å². The van der Waals surface area contributed by atoms with Crippen LogP contribution < -0.4 is 5.32 Å². The molecular weight excluding hydrogens is 294 g/mol. The second-order valence-electron chi connectivity index (χ2n) is 4.84. The standard InChI is InChI=1S/C14H14ClN3O3/c15-11-3-1-9(2-4-11)12(13-16-8-21-18-13)17-14(19)10-5-6-20-7-10/h1-4,8,10,12H,5-7H2,(H,17,19)/t10-,12-/m1/s1. The zero-order chi connectivity index (χ0) is 14.7. The number of rotatable bonds is 4. The molecule has 2 heterocycles. The van der Waals surface area contributed by atoms with E-state index >= 15 is 0 Å². The number of ether oxygens (including phenoxy) is 1. The van der Waals surface area contributed by atoms with Gasteiger partial charge in [0.05, 0.1) is 12.5 Å². The van der Waals surface area contributed by atoms with Crippen LogP contribution in [0.1, 0.15) is 23.9 Å². The minimum absolute atomic E-state index is 0.0720. The van der Waals surface area contributed by atoms with Crippen LogP contribution in [-0.2, 0) is 9.53 Å². The molecule has 1 amide bonds. The number of amides is 1. The van der Waals surface area contributed by atoms with E-state index in [1.807, 2.05) is 12.1 Å². The number of hydrogen-bond donors (Lipinski definition) is 1. The summed E-state index contributed by atoms with van der Waals surface area (Å²) in [6.45, 7) is 1.07. The summed E-state index contributed by atoms with van der Waals surface area (Å²) in [5.41, 5.74) is 0.841. The molecule has 21 heavy (non-hydrogen) atoms. The van der Waals surface area contributed by atoms with Crippen molar-refractivity contribution in [2.24, 2.45) is 5.92 Å². The first-order chi connectivity index (χ1) is 10.2. The number of benzene rings is 1. The summed E-state index contributed by atoms with van der Waals surface area (Å²) in [5.74, 6) is 0.202. The molecule has 0 spiro atoms. The monoisotopic (exact) mass is 307 g/mol. The van der Waals surface area contributed by atoms with E-state index in [0.717, 1.165) is 12.0 Å². The van der Waals surface area contributed by atoms with E-state index in [1.54, 1.807) is 12.1 Å². The fourth-order valence-corrected chi connectivity index (χ4v) is 2.39.